The van der Waals surface area contributed by atoms with E-state index in [-0.39, 0.29) is 11.9 Å². The van der Waals surface area contributed by atoms with Crippen molar-refractivity contribution in [2.45, 2.75) is 38.6 Å². The number of likely N-dealkylation sites (tertiary alicyclic amines) is 1. The fourth-order valence-corrected chi connectivity index (χ4v) is 4.54. The summed E-state index contributed by atoms with van der Waals surface area (Å²) in [4.78, 5) is 44.5. The number of hydrogen-bond acceptors (Lipinski definition) is 6. The molecule has 1 aliphatic heterocycles. The molecule has 0 saturated carbocycles. The minimum atomic E-state index is -0.700. The summed E-state index contributed by atoms with van der Waals surface area (Å²) in [6, 6.07) is 5.14. The Balaban J connectivity index is 1.76. The number of rotatable bonds is 4. The minimum absolute atomic E-state index is 0.157. The largest absolute Gasteiger partial charge is 0.383 e. The molecule has 0 aromatic carbocycles. The Morgan fingerprint density at radius 2 is 2.10 bits per heavy atom. The van der Waals surface area contributed by atoms with Gasteiger partial charge in [-0.3, -0.25) is 14.4 Å². The van der Waals surface area contributed by atoms with E-state index in [1.165, 1.54) is 17.5 Å². The second-order valence-electron chi connectivity index (χ2n) is 6.87. The van der Waals surface area contributed by atoms with Crippen LogP contribution in [-0.4, -0.2) is 41.2 Å². The standard InChI is InChI=1S/C20H25N5O3S/c1-3-12-10-13(11-23-17(12)21)24-19(27)20(28)25-9-5-4-6-14(25)15-7-8-16(29-15)18(26)22-2/h7-8,10-11,14H,3-6,9H2,1-2H3,(H2,21,23)(H,22,26)(H,24,27)/t14-/m0/s1. The maximum atomic E-state index is 12.9. The topological polar surface area (TPSA) is 117 Å². The Morgan fingerprint density at radius 3 is 2.83 bits per heavy atom. The summed E-state index contributed by atoms with van der Waals surface area (Å²) in [5, 5.41) is 5.24. The number of pyridine rings is 1. The maximum Gasteiger partial charge on any atom is 0.313 e. The molecule has 0 spiro atoms. The van der Waals surface area contributed by atoms with Crippen LogP contribution in [0, 0.1) is 0 Å². The quantitative estimate of drug-likeness (QED) is 0.663. The van der Waals surface area contributed by atoms with E-state index in [1.807, 2.05) is 13.0 Å². The first kappa shape index (κ1) is 20.8. The molecule has 3 heterocycles. The van der Waals surface area contributed by atoms with Gasteiger partial charge in [0.25, 0.3) is 5.91 Å². The number of aryl methyl sites for hydroxylation is 1. The fourth-order valence-electron chi connectivity index (χ4n) is 3.44. The lowest BCUT2D eigenvalue weighted by molar-refractivity contribution is -0.145. The zero-order valence-electron chi connectivity index (χ0n) is 16.5. The molecule has 1 aliphatic rings. The number of nitrogens with two attached hydrogens (primary N) is 1. The van der Waals surface area contributed by atoms with Crippen molar-refractivity contribution < 1.29 is 14.4 Å². The average molecular weight is 416 g/mol. The summed E-state index contributed by atoms with van der Waals surface area (Å²) in [5.41, 5.74) is 7.05. The molecule has 154 valence electrons. The van der Waals surface area contributed by atoms with Crippen LogP contribution in [0.1, 0.15) is 52.3 Å². The first-order valence-corrected chi connectivity index (χ1v) is 10.4. The normalized spacial score (nSPS) is 16.3. The summed E-state index contributed by atoms with van der Waals surface area (Å²) < 4.78 is 0. The molecule has 29 heavy (non-hydrogen) atoms. The molecule has 4 N–H and O–H groups in total. The number of piperidine rings is 1. The monoisotopic (exact) mass is 415 g/mol. The highest BCUT2D eigenvalue weighted by atomic mass is 32.1. The fraction of sp³-hybridized carbons (Fsp3) is 0.400. The Hall–Kier alpha value is -2.94. The predicted octanol–water partition coefficient (Wildman–Crippen LogP) is 2.34. The SMILES string of the molecule is CCc1cc(NC(=O)C(=O)N2CCCC[C@H]2c2ccc(C(=O)NC)s2)cnc1N. The molecule has 3 rings (SSSR count). The molecule has 2 aromatic rings. The van der Waals surface area contributed by atoms with E-state index in [1.54, 1.807) is 24.1 Å². The van der Waals surface area contributed by atoms with Gasteiger partial charge in [0.2, 0.25) is 0 Å². The Bertz CT molecular complexity index is 927. The van der Waals surface area contributed by atoms with E-state index in [9.17, 15) is 14.4 Å². The summed E-state index contributed by atoms with van der Waals surface area (Å²) in [6.07, 6.45) is 4.69. The zero-order chi connectivity index (χ0) is 21.0. The number of nitrogen functional groups attached to an aromatic ring is 1. The van der Waals surface area contributed by atoms with E-state index < -0.39 is 11.8 Å². The second-order valence-corrected chi connectivity index (χ2v) is 7.98. The number of hydrogen-bond donors (Lipinski definition) is 3. The van der Waals surface area contributed by atoms with Crippen LogP contribution >= 0.6 is 11.3 Å². The number of carbonyl (C=O) groups excluding carboxylic acids is 3. The lowest BCUT2D eigenvalue weighted by Gasteiger charge is -2.34. The van der Waals surface area contributed by atoms with Crippen molar-refractivity contribution in [2.75, 3.05) is 24.6 Å². The van der Waals surface area contributed by atoms with E-state index in [2.05, 4.69) is 15.6 Å². The van der Waals surface area contributed by atoms with E-state index in [4.69, 9.17) is 5.73 Å². The maximum absolute atomic E-state index is 12.9. The van der Waals surface area contributed by atoms with Gasteiger partial charge in [-0.1, -0.05) is 6.92 Å². The first-order valence-electron chi connectivity index (χ1n) is 9.62. The second kappa shape index (κ2) is 9.04. The highest BCUT2D eigenvalue weighted by molar-refractivity contribution is 7.14. The van der Waals surface area contributed by atoms with Crippen LogP contribution in [0.25, 0.3) is 0 Å². The zero-order valence-corrected chi connectivity index (χ0v) is 17.3. The summed E-state index contributed by atoms with van der Waals surface area (Å²) >= 11 is 1.35. The molecule has 3 amide bonds. The molecule has 0 unspecified atom stereocenters. The number of amides is 3. The molecule has 9 heteroatoms. The van der Waals surface area contributed by atoms with Crippen LogP contribution in [0.3, 0.4) is 0 Å². The number of nitrogens with one attached hydrogen (secondary N) is 2. The number of nitrogens with zero attached hydrogens (tertiary/aromatic N) is 2. The van der Waals surface area contributed by atoms with Gasteiger partial charge < -0.3 is 21.3 Å². The number of aromatic nitrogens is 1. The van der Waals surface area contributed by atoms with Crippen LogP contribution in [-0.2, 0) is 16.0 Å². The van der Waals surface area contributed by atoms with Crippen molar-refractivity contribution in [2.24, 2.45) is 0 Å². The number of anilines is 2. The van der Waals surface area contributed by atoms with Crippen LogP contribution < -0.4 is 16.4 Å². The highest BCUT2D eigenvalue weighted by Crippen LogP contribution is 2.35. The van der Waals surface area contributed by atoms with Crippen molar-refractivity contribution in [3.05, 3.63) is 39.7 Å². The van der Waals surface area contributed by atoms with Crippen LogP contribution in [0.5, 0.6) is 0 Å². The summed E-state index contributed by atoms with van der Waals surface area (Å²) in [5.74, 6) is -1.03. The van der Waals surface area contributed by atoms with Gasteiger partial charge in [0.05, 0.1) is 22.8 Å². The Labute approximate surface area is 173 Å². The molecule has 1 atom stereocenters. The Kier molecular flexibility index (Phi) is 6.48. The van der Waals surface area contributed by atoms with Gasteiger partial charge >= 0.3 is 11.8 Å². The van der Waals surface area contributed by atoms with Crippen molar-refractivity contribution in [3.63, 3.8) is 0 Å². The molecule has 2 aromatic heterocycles. The molecule has 0 radical (unpaired) electrons. The average Bonchev–Trinajstić information content (AvgIpc) is 3.24. The van der Waals surface area contributed by atoms with Crippen molar-refractivity contribution in [3.8, 4) is 0 Å². The van der Waals surface area contributed by atoms with Crippen LogP contribution in [0.4, 0.5) is 11.5 Å². The lowest BCUT2D eigenvalue weighted by Crippen LogP contribution is -2.44. The lowest BCUT2D eigenvalue weighted by atomic mass is 10.0. The van der Waals surface area contributed by atoms with Gasteiger partial charge in [0.15, 0.2) is 0 Å². The van der Waals surface area contributed by atoms with Crippen molar-refractivity contribution >= 4 is 40.6 Å². The summed E-state index contributed by atoms with van der Waals surface area (Å²) in [7, 11) is 1.58. The molecule has 1 saturated heterocycles. The number of carbonyl (C=O) groups is 3. The van der Waals surface area contributed by atoms with Gasteiger partial charge in [-0.15, -0.1) is 11.3 Å². The first-order chi connectivity index (χ1) is 13.9. The van der Waals surface area contributed by atoms with Crippen molar-refractivity contribution in [1.82, 2.24) is 15.2 Å². The van der Waals surface area contributed by atoms with Crippen LogP contribution in [0.15, 0.2) is 24.4 Å². The molecule has 1 fully saturated rings. The van der Waals surface area contributed by atoms with Gasteiger partial charge in [0, 0.05) is 18.5 Å². The molecule has 0 bridgehead atoms. The van der Waals surface area contributed by atoms with Gasteiger partial charge in [-0.05, 0) is 49.4 Å². The molecular formula is C20H25N5O3S. The predicted molar refractivity (Wildman–Crippen MR) is 113 cm³/mol. The Morgan fingerprint density at radius 1 is 1.31 bits per heavy atom. The van der Waals surface area contributed by atoms with Crippen molar-refractivity contribution in [1.29, 1.82) is 0 Å². The third kappa shape index (κ3) is 4.56. The third-order valence-electron chi connectivity index (χ3n) is 5.00. The van der Waals surface area contributed by atoms with Gasteiger partial charge in [-0.25, -0.2) is 4.98 Å². The van der Waals surface area contributed by atoms with Crippen LogP contribution in [0.2, 0.25) is 0 Å². The highest BCUT2D eigenvalue weighted by Gasteiger charge is 2.33. The van der Waals surface area contributed by atoms with E-state index >= 15 is 0 Å². The van der Waals surface area contributed by atoms with E-state index in [0.29, 0.717) is 29.3 Å². The van der Waals surface area contributed by atoms with Gasteiger partial charge in [0.1, 0.15) is 5.82 Å². The molecular weight excluding hydrogens is 390 g/mol. The van der Waals surface area contributed by atoms with Gasteiger partial charge in [-0.2, -0.15) is 0 Å². The minimum Gasteiger partial charge on any atom is -0.383 e. The smallest absolute Gasteiger partial charge is 0.313 e. The molecule has 0 aliphatic carbocycles. The molecule has 8 nitrogen and oxygen atoms in total. The van der Waals surface area contributed by atoms with E-state index in [0.717, 1.165) is 29.7 Å². The summed E-state index contributed by atoms with van der Waals surface area (Å²) in [6.45, 7) is 2.45. The third-order valence-corrected chi connectivity index (χ3v) is 6.19. The number of thiophene rings is 1.